The highest BCUT2D eigenvalue weighted by Gasteiger charge is 2.31. The fourth-order valence-corrected chi connectivity index (χ4v) is 3.93. The quantitative estimate of drug-likeness (QED) is 0.322. The Balaban J connectivity index is 1.41. The molecule has 1 saturated carbocycles. The zero-order chi connectivity index (χ0) is 22.9. The third-order valence-electron chi connectivity index (χ3n) is 5.63. The van der Waals surface area contributed by atoms with E-state index in [0.29, 0.717) is 22.1 Å². The molecule has 0 spiro atoms. The molecule has 8 heteroatoms. The summed E-state index contributed by atoms with van der Waals surface area (Å²) >= 11 is 12.2. The van der Waals surface area contributed by atoms with Crippen molar-refractivity contribution in [1.82, 2.24) is 20.1 Å². The molecule has 0 unspecified atom stereocenters. The van der Waals surface area contributed by atoms with Gasteiger partial charge >= 0.3 is 0 Å². The summed E-state index contributed by atoms with van der Waals surface area (Å²) in [5.74, 6) is 1.28. The summed E-state index contributed by atoms with van der Waals surface area (Å²) in [6, 6.07) is 16.9. The first-order chi connectivity index (χ1) is 16.0. The van der Waals surface area contributed by atoms with E-state index < -0.39 is 0 Å². The number of H-pyrrole nitrogens is 1. The Kier molecular flexibility index (Phi) is 5.79. The minimum absolute atomic E-state index is 0.120. The lowest BCUT2D eigenvalue weighted by Crippen LogP contribution is -2.29. The Labute approximate surface area is 201 Å². The molecule has 1 aliphatic rings. The van der Waals surface area contributed by atoms with E-state index >= 15 is 0 Å². The van der Waals surface area contributed by atoms with Crippen LogP contribution in [0.25, 0.3) is 22.4 Å². The average molecular weight is 479 g/mol. The molecule has 0 aliphatic heterocycles. The molecule has 1 fully saturated rings. The van der Waals surface area contributed by atoms with E-state index in [9.17, 15) is 4.79 Å². The molecule has 1 aliphatic carbocycles. The second-order valence-corrected chi connectivity index (χ2v) is 8.74. The lowest BCUT2D eigenvalue weighted by molar-refractivity contribution is 0.0785. The third-order valence-corrected chi connectivity index (χ3v) is 6.18. The Morgan fingerprint density at radius 3 is 2.33 bits per heavy atom. The summed E-state index contributed by atoms with van der Waals surface area (Å²) in [6.45, 7) is 0. The van der Waals surface area contributed by atoms with Crippen LogP contribution in [0.5, 0.6) is 11.5 Å². The van der Waals surface area contributed by atoms with Gasteiger partial charge in [-0.15, -0.1) is 0 Å². The average Bonchev–Trinajstić information content (AvgIpc) is 3.57. The maximum atomic E-state index is 12.9. The number of aromatic amines is 1. The maximum Gasteiger partial charge on any atom is 0.256 e. The standard InChI is InChI=1S/C25H20Cl2N4O2/c1-31(18-6-7-18)25(32)21-12-16(13-28-24(21)27)22-14-29-30-23(22)15-2-8-19(9-3-15)33-20-10-4-17(26)5-11-20/h2-5,8-14,18H,6-7H2,1H3,(H,29,30). The van der Waals surface area contributed by atoms with Gasteiger partial charge in [0.25, 0.3) is 5.91 Å². The van der Waals surface area contributed by atoms with Crippen LogP contribution in [-0.2, 0) is 0 Å². The summed E-state index contributed by atoms with van der Waals surface area (Å²) in [7, 11) is 1.81. The zero-order valence-electron chi connectivity index (χ0n) is 17.8. The molecule has 0 bridgehead atoms. The van der Waals surface area contributed by atoms with Gasteiger partial charge < -0.3 is 9.64 Å². The van der Waals surface area contributed by atoms with Crippen molar-refractivity contribution >= 4 is 29.1 Å². The minimum Gasteiger partial charge on any atom is -0.457 e. The van der Waals surface area contributed by atoms with Crippen LogP contribution < -0.4 is 4.74 Å². The van der Waals surface area contributed by atoms with Gasteiger partial charge in [-0.1, -0.05) is 23.2 Å². The monoisotopic (exact) mass is 478 g/mol. The summed E-state index contributed by atoms with van der Waals surface area (Å²) in [5, 5.41) is 8.12. The van der Waals surface area contributed by atoms with Crippen LogP contribution in [0.2, 0.25) is 10.2 Å². The fourth-order valence-electron chi connectivity index (χ4n) is 3.62. The number of hydrogen-bond acceptors (Lipinski definition) is 4. The van der Waals surface area contributed by atoms with Crippen molar-refractivity contribution in [2.45, 2.75) is 18.9 Å². The fraction of sp³-hybridized carbons (Fsp3) is 0.160. The van der Waals surface area contributed by atoms with E-state index in [1.54, 1.807) is 42.5 Å². The van der Waals surface area contributed by atoms with E-state index in [2.05, 4.69) is 15.2 Å². The number of nitrogens with zero attached hydrogens (tertiary/aromatic N) is 3. The van der Waals surface area contributed by atoms with Crippen molar-refractivity contribution in [3.8, 4) is 33.9 Å². The Morgan fingerprint density at radius 1 is 1.00 bits per heavy atom. The van der Waals surface area contributed by atoms with Crippen molar-refractivity contribution in [1.29, 1.82) is 0 Å². The summed E-state index contributed by atoms with van der Waals surface area (Å²) < 4.78 is 5.87. The Hall–Kier alpha value is -3.35. The number of hydrogen-bond donors (Lipinski definition) is 1. The van der Waals surface area contributed by atoms with Crippen LogP contribution in [-0.4, -0.2) is 39.1 Å². The van der Waals surface area contributed by atoms with Crippen LogP contribution in [0.15, 0.2) is 67.0 Å². The van der Waals surface area contributed by atoms with Crippen molar-refractivity contribution in [2.75, 3.05) is 7.05 Å². The lowest BCUT2D eigenvalue weighted by atomic mass is 10.0. The van der Waals surface area contributed by atoms with Gasteiger partial charge in [0.1, 0.15) is 16.7 Å². The van der Waals surface area contributed by atoms with Crippen LogP contribution in [0, 0.1) is 0 Å². The highest BCUT2D eigenvalue weighted by molar-refractivity contribution is 6.32. The molecule has 1 N–H and O–H groups in total. The minimum atomic E-state index is -0.120. The van der Waals surface area contributed by atoms with Crippen LogP contribution in [0.3, 0.4) is 0 Å². The number of amides is 1. The second-order valence-electron chi connectivity index (χ2n) is 7.95. The van der Waals surface area contributed by atoms with Crippen LogP contribution >= 0.6 is 23.2 Å². The van der Waals surface area contributed by atoms with Crippen molar-refractivity contribution < 1.29 is 9.53 Å². The van der Waals surface area contributed by atoms with Gasteiger partial charge in [-0.05, 0) is 67.4 Å². The van der Waals surface area contributed by atoms with E-state index in [1.807, 2.05) is 36.4 Å². The van der Waals surface area contributed by atoms with E-state index in [4.69, 9.17) is 27.9 Å². The number of carbonyl (C=O) groups is 1. The highest BCUT2D eigenvalue weighted by atomic mass is 35.5. The molecule has 2 aromatic heterocycles. The summed E-state index contributed by atoms with van der Waals surface area (Å²) in [6.07, 6.45) is 5.42. The first-order valence-corrected chi connectivity index (χ1v) is 11.3. The molecule has 0 radical (unpaired) electrons. The molecule has 1 amide bonds. The van der Waals surface area contributed by atoms with Crippen molar-refractivity contribution in [3.63, 3.8) is 0 Å². The number of carbonyl (C=O) groups excluding carboxylic acids is 1. The Bertz CT molecular complexity index is 1300. The zero-order valence-corrected chi connectivity index (χ0v) is 19.3. The largest absolute Gasteiger partial charge is 0.457 e. The molecule has 6 nitrogen and oxygen atoms in total. The number of nitrogens with one attached hydrogen (secondary N) is 1. The van der Waals surface area contributed by atoms with Gasteiger partial charge in [0, 0.05) is 41.0 Å². The number of rotatable bonds is 6. The van der Waals surface area contributed by atoms with Gasteiger partial charge in [-0.3, -0.25) is 9.89 Å². The van der Waals surface area contributed by atoms with Crippen molar-refractivity contribution in [3.05, 3.63) is 82.7 Å². The molecule has 4 aromatic rings. The SMILES string of the molecule is CN(C(=O)c1cc(-c2cn[nH]c2-c2ccc(Oc3ccc(Cl)cc3)cc2)cnc1Cl)C1CC1. The molecule has 166 valence electrons. The van der Waals surface area contributed by atoms with E-state index in [-0.39, 0.29) is 17.1 Å². The maximum absolute atomic E-state index is 12.9. The van der Waals surface area contributed by atoms with Gasteiger partial charge in [-0.2, -0.15) is 5.10 Å². The highest BCUT2D eigenvalue weighted by Crippen LogP contribution is 2.34. The van der Waals surface area contributed by atoms with Gasteiger partial charge in [0.2, 0.25) is 0 Å². The van der Waals surface area contributed by atoms with Gasteiger partial charge in [0.15, 0.2) is 0 Å². The predicted molar refractivity (Wildman–Crippen MR) is 129 cm³/mol. The van der Waals surface area contributed by atoms with Crippen LogP contribution in [0.4, 0.5) is 0 Å². The van der Waals surface area contributed by atoms with Gasteiger partial charge in [0.05, 0.1) is 17.5 Å². The number of aromatic nitrogens is 3. The van der Waals surface area contributed by atoms with Gasteiger partial charge in [-0.25, -0.2) is 4.98 Å². The molecule has 33 heavy (non-hydrogen) atoms. The van der Waals surface area contributed by atoms with E-state index in [1.165, 1.54) is 0 Å². The molecule has 2 aromatic carbocycles. The smallest absolute Gasteiger partial charge is 0.256 e. The molecule has 0 atom stereocenters. The number of pyridine rings is 1. The molecule has 5 rings (SSSR count). The normalized spacial score (nSPS) is 13.1. The molecular weight excluding hydrogens is 459 g/mol. The second kappa shape index (κ2) is 8.89. The number of halogens is 2. The van der Waals surface area contributed by atoms with Crippen LogP contribution in [0.1, 0.15) is 23.2 Å². The number of ether oxygens (including phenoxy) is 1. The topological polar surface area (TPSA) is 71.1 Å². The lowest BCUT2D eigenvalue weighted by Gasteiger charge is -2.17. The Morgan fingerprint density at radius 2 is 1.67 bits per heavy atom. The van der Waals surface area contributed by atoms with E-state index in [0.717, 1.165) is 35.2 Å². The van der Waals surface area contributed by atoms with Crippen molar-refractivity contribution in [2.24, 2.45) is 0 Å². The molecule has 0 saturated heterocycles. The summed E-state index contributed by atoms with van der Waals surface area (Å²) in [5.41, 5.74) is 3.71. The first kappa shape index (κ1) is 21.5. The third kappa shape index (κ3) is 4.58. The predicted octanol–water partition coefficient (Wildman–Crippen LogP) is 6.47. The summed E-state index contributed by atoms with van der Waals surface area (Å²) in [4.78, 5) is 18.9. The molecular formula is C25H20Cl2N4O2. The first-order valence-electron chi connectivity index (χ1n) is 10.5. The molecule has 2 heterocycles. The number of benzene rings is 2.